The number of carbonyl (C=O) groups excluding carboxylic acids is 1. The summed E-state index contributed by atoms with van der Waals surface area (Å²) in [6.45, 7) is 7.95. The zero-order valence-electron chi connectivity index (χ0n) is 16.7. The van der Waals surface area contributed by atoms with Gasteiger partial charge in [0, 0.05) is 71.3 Å². The predicted octanol–water partition coefficient (Wildman–Crippen LogP) is -0.259. The molecule has 0 aliphatic carbocycles. The van der Waals surface area contributed by atoms with Crippen LogP contribution >= 0.6 is 0 Å². The van der Waals surface area contributed by atoms with E-state index in [2.05, 4.69) is 24.9 Å². The summed E-state index contributed by atoms with van der Waals surface area (Å²) in [4.78, 5) is 21.0. The number of amides is 1. The number of hydrogen-bond donors (Lipinski definition) is 1. The Kier molecular flexibility index (Phi) is 6.26. The van der Waals surface area contributed by atoms with Gasteiger partial charge in [-0.3, -0.25) is 9.69 Å². The Bertz CT molecular complexity index is 765. The van der Waals surface area contributed by atoms with E-state index in [0.717, 1.165) is 57.4 Å². The molecule has 0 radical (unpaired) electrons. The van der Waals surface area contributed by atoms with Gasteiger partial charge in [-0.05, 0) is 24.3 Å². The fraction of sp³-hybridized carbons (Fsp3) is 0.550. The van der Waals surface area contributed by atoms with E-state index in [-0.39, 0.29) is 12.5 Å². The summed E-state index contributed by atoms with van der Waals surface area (Å²) < 4.78 is 1.91. The van der Waals surface area contributed by atoms with Gasteiger partial charge in [0.1, 0.15) is 6.54 Å². The lowest BCUT2D eigenvalue weighted by Gasteiger charge is -2.36. The van der Waals surface area contributed by atoms with Crippen molar-refractivity contribution < 1.29 is 9.90 Å². The second-order valence-electron chi connectivity index (χ2n) is 7.53. The van der Waals surface area contributed by atoms with Crippen LogP contribution in [0.3, 0.4) is 0 Å². The summed E-state index contributed by atoms with van der Waals surface area (Å²) in [5.41, 5.74) is 0. The monoisotopic (exact) mass is 399 g/mol. The molecule has 4 heterocycles. The van der Waals surface area contributed by atoms with Gasteiger partial charge in [0.15, 0.2) is 11.6 Å². The lowest BCUT2D eigenvalue weighted by atomic mass is 10.3. The zero-order chi connectivity index (χ0) is 20.1. The number of β-amino-alcohol motifs (C(OH)–C–C–N with tert-alkyl or cyclic N) is 1. The summed E-state index contributed by atoms with van der Waals surface area (Å²) in [6, 6.07) is 7.93. The first-order valence-corrected chi connectivity index (χ1v) is 10.3. The van der Waals surface area contributed by atoms with Crippen molar-refractivity contribution in [2.45, 2.75) is 6.54 Å². The second-order valence-corrected chi connectivity index (χ2v) is 7.53. The largest absolute Gasteiger partial charge is 0.395 e. The molecule has 9 nitrogen and oxygen atoms in total. The zero-order valence-corrected chi connectivity index (χ0v) is 16.7. The topological polar surface area (TPSA) is 81.0 Å². The van der Waals surface area contributed by atoms with Gasteiger partial charge in [-0.15, -0.1) is 10.2 Å². The first-order chi connectivity index (χ1) is 14.2. The maximum atomic E-state index is 12.4. The standard InChI is InChI=1S/C20H29N7O2/c28-16-15-23-7-9-25(10-8-23)18-3-4-19(22-21-18)26-11-13-27(14-12-26)20(29)17-24-5-1-2-6-24/h1-6,28H,7-17H2. The van der Waals surface area contributed by atoms with Crippen LogP contribution in [-0.2, 0) is 11.3 Å². The maximum absolute atomic E-state index is 12.4. The fourth-order valence-electron chi connectivity index (χ4n) is 3.91. The van der Waals surface area contributed by atoms with Gasteiger partial charge >= 0.3 is 0 Å². The summed E-state index contributed by atoms with van der Waals surface area (Å²) in [5, 5.41) is 17.9. The molecule has 0 bridgehead atoms. The molecular weight excluding hydrogens is 370 g/mol. The number of nitrogens with zero attached hydrogens (tertiary/aromatic N) is 7. The Labute approximate surface area is 171 Å². The smallest absolute Gasteiger partial charge is 0.242 e. The van der Waals surface area contributed by atoms with E-state index >= 15 is 0 Å². The first-order valence-electron chi connectivity index (χ1n) is 10.3. The van der Waals surface area contributed by atoms with E-state index in [9.17, 15) is 4.79 Å². The summed E-state index contributed by atoms with van der Waals surface area (Å²) in [5.74, 6) is 1.92. The third kappa shape index (κ3) is 4.86. The molecule has 2 saturated heterocycles. The molecule has 9 heteroatoms. The van der Waals surface area contributed by atoms with E-state index in [0.29, 0.717) is 19.6 Å². The van der Waals surface area contributed by atoms with Gasteiger partial charge in [0.05, 0.1) is 6.61 Å². The lowest BCUT2D eigenvalue weighted by Crippen LogP contribution is -2.50. The van der Waals surface area contributed by atoms with Crippen LogP contribution in [-0.4, -0.2) is 101 Å². The molecule has 0 aromatic carbocycles. The normalized spacial score (nSPS) is 18.3. The average molecular weight is 399 g/mol. The minimum Gasteiger partial charge on any atom is -0.395 e. The molecule has 0 atom stereocenters. The van der Waals surface area contributed by atoms with Crippen molar-refractivity contribution in [3.8, 4) is 0 Å². The highest BCUT2D eigenvalue weighted by atomic mass is 16.3. The molecule has 1 amide bonds. The highest BCUT2D eigenvalue weighted by Gasteiger charge is 2.23. The van der Waals surface area contributed by atoms with E-state index in [4.69, 9.17) is 5.11 Å². The number of carbonyl (C=O) groups is 1. The molecule has 2 aromatic rings. The predicted molar refractivity (Wildman–Crippen MR) is 111 cm³/mol. The van der Waals surface area contributed by atoms with Crippen molar-refractivity contribution >= 4 is 17.5 Å². The number of anilines is 2. The number of piperazine rings is 2. The molecule has 2 aliphatic heterocycles. The molecule has 0 saturated carbocycles. The van der Waals surface area contributed by atoms with Gasteiger partial charge < -0.3 is 24.4 Å². The number of hydrogen-bond acceptors (Lipinski definition) is 7. The minimum absolute atomic E-state index is 0.155. The van der Waals surface area contributed by atoms with Gasteiger partial charge in [-0.1, -0.05) is 0 Å². The molecule has 0 unspecified atom stereocenters. The highest BCUT2D eigenvalue weighted by molar-refractivity contribution is 5.76. The molecule has 4 rings (SSSR count). The Balaban J connectivity index is 1.26. The minimum atomic E-state index is 0.155. The van der Waals surface area contributed by atoms with Crippen LogP contribution < -0.4 is 9.80 Å². The molecule has 156 valence electrons. The first kappa shape index (κ1) is 19.7. The van der Waals surface area contributed by atoms with Crippen LogP contribution in [0.15, 0.2) is 36.7 Å². The Morgan fingerprint density at radius 3 is 1.93 bits per heavy atom. The van der Waals surface area contributed by atoms with E-state index in [1.807, 2.05) is 46.1 Å². The quantitative estimate of drug-likeness (QED) is 0.717. The molecule has 29 heavy (non-hydrogen) atoms. The number of aromatic nitrogens is 3. The van der Waals surface area contributed by atoms with Crippen LogP contribution in [0, 0.1) is 0 Å². The van der Waals surface area contributed by atoms with Crippen molar-refractivity contribution in [1.82, 2.24) is 24.6 Å². The summed E-state index contributed by atoms with van der Waals surface area (Å²) >= 11 is 0. The Morgan fingerprint density at radius 2 is 1.41 bits per heavy atom. The van der Waals surface area contributed by atoms with E-state index < -0.39 is 0 Å². The average Bonchev–Trinajstić information content (AvgIpc) is 3.28. The second kappa shape index (κ2) is 9.23. The van der Waals surface area contributed by atoms with E-state index in [1.54, 1.807) is 0 Å². The molecule has 1 N–H and O–H groups in total. The molecule has 0 spiro atoms. The third-order valence-electron chi connectivity index (χ3n) is 5.69. The van der Waals surface area contributed by atoms with Crippen molar-refractivity contribution in [3.05, 3.63) is 36.7 Å². The van der Waals surface area contributed by atoms with Crippen molar-refractivity contribution in [2.24, 2.45) is 0 Å². The SMILES string of the molecule is O=C(Cn1cccc1)N1CCN(c2ccc(N3CCN(CCO)CC3)nn2)CC1. The maximum Gasteiger partial charge on any atom is 0.242 e. The van der Waals surface area contributed by atoms with Crippen molar-refractivity contribution in [2.75, 3.05) is 75.3 Å². The van der Waals surface area contributed by atoms with Crippen LogP contribution in [0.25, 0.3) is 0 Å². The van der Waals surface area contributed by atoms with Crippen LogP contribution in [0.5, 0.6) is 0 Å². The summed E-state index contributed by atoms with van der Waals surface area (Å²) in [6.07, 6.45) is 3.83. The molecular formula is C20H29N7O2. The van der Waals surface area contributed by atoms with Crippen molar-refractivity contribution in [1.29, 1.82) is 0 Å². The highest BCUT2D eigenvalue weighted by Crippen LogP contribution is 2.18. The van der Waals surface area contributed by atoms with E-state index in [1.165, 1.54) is 0 Å². The van der Waals surface area contributed by atoms with Gasteiger partial charge in [0.25, 0.3) is 0 Å². The summed E-state index contributed by atoms with van der Waals surface area (Å²) in [7, 11) is 0. The van der Waals surface area contributed by atoms with Gasteiger partial charge in [-0.2, -0.15) is 0 Å². The van der Waals surface area contributed by atoms with Crippen LogP contribution in [0.4, 0.5) is 11.6 Å². The number of aliphatic hydroxyl groups is 1. The van der Waals surface area contributed by atoms with Crippen LogP contribution in [0.1, 0.15) is 0 Å². The van der Waals surface area contributed by atoms with Crippen LogP contribution in [0.2, 0.25) is 0 Å². The van der Waals surface area contributed by atoms with Gasteiger partial charge in [0.2, 0.25) is 5.91 Å². The Hall–Kier alpha value is -2.65. The molecule has 2 aliphatic rings. The Morgan fingerprint density at radius 1 is 0.862 bits per heavy atom. The third-order valence-corrected chi connectivity index (χ3v) is 5.69. The van der Waals surface area contributed by atoms with Crippen molar-refractivity contribution in [3.63, 3.8) is 0 Å². The number of aliphatic hydroxyl groups excluding tert-OH is 1. The lowest BCUT2D eigenvalue weighted by molar-refractivity contribution is -0.132. The van der Waals surface area contributed by atoms with Gasteiger partial charge in [-0.25, -0.2) is 0 Å². The molecule has 2 aromatic heterocycles. The number of rotatable bonds is 6. The molecule has 2 fully saturated rings. The fourth-order valence-corrected chi connectivity index (χ4v) is 3.91.